The highest BCUT2D eigenvalue weighted by Gasteiger charge is 2.30. The van der Waals surface area contributed by atoms with E-state index in [-0.39, 0.29) is 11.3 Å². The molecule has 1 aromatic carbocycles. The molecule has 3 nitrogen and oxygen atoms in total. The highest BCUT2D eigenvalue weighted by molar-refractivity contribution is 5.51. The molecule has 0 aliphatic heterocycles. The second-order valence-corrected chi connectivity index (χ2v) is 3.17. The van der Waals surface area contributed by atoms with Crippen molar-refractivity contribution in [2.45, 2.75) is 13.1 Å². The largest absolute Gasteiger partial charge is 0.416 e. The number of nitrogens with zero attached hydrogens (tertiary/aromatic N) is 1. The Hall–Kier alpha value is -1.85. The zero-order chi connectivity index (χ0) is 12.3. The summed E-state index contributed by atoms with van der Waals surface area (Å²) in [5, 5.41) is 10.3. The molecule has 0 atom stereocenters. The van der Waals surface area contributed by atoms with E-state index in [0.717, 1.165) is 18.2 Å². The number of nitro groups is 1. The Balaban J connectivity index is 3.09. The highest BCUT2D eigenvalue weighted by Crippen LogP contribution is 2.29. The Kier molecular flexibility index (Phi) is 3.31. The first kappa shape index (κ1) is 12.2. The molecular weight excluding hydrogens is 223 g/mol. The van der Waals surface area contributed by atoms with Gasteiger partial charge in [-0.15, -0.1) is 0 Å². The number of rotatable bonds is 2. The number of allylic oxidation sites excluding steroid dienone is 1. The van der Waals surface area contributed by atoms with Crippen LogP contribution in [0.2, 0.25) is 0 Å². The molecule has 0 heterocycles. The molecule has 6 heteroatoms. The van der Waals surface area contributed by atoms with Gasteiger partial charge >= 0.3 is 6.18 Å². The first-order chi connectivity index (χ1) is 7.30. The Morgan fingerprint density at radius 2 is 2.06 bits per heavy atom. The van der Waals surface area contributed by atoms with Gasteiger partial charge in [0.15, 0.2) is 0 Å². The molecule has 16 heavy (non-hydrogen) atoms. The molecule has 0 saturated heterocycles. The van der Waals surface area contributed by atoms with E-state index in [1.54, 1.807) is 0 Å². The summed E-state index contributed by atoms with van der Waals surface area (Å²) in [4.78, 5) is 9.65. The summed E-state index contributed by atoms with van der Waals surface area (Å²) in [5.41, 5.74) is -0.874. The van der Waals surface area contributed by atoms with Crippen LogP contribution in [0.5, 0.6) is 0 Å². The Morgan fingerprint density at radius 1 is 1.44 bits per heavy atom. The van der Waals surface area contributed by atoms with Crippen molar-refractivity contribution < 1.29 is 18.1 Å². The molecular formula is C10H8F3NO2. The minimum Gasteiger partial charge on any atom is -0.259 e. The van der Waals surface area contributed by atoms with Crippen molar-refractivity contribution >= 4 is 6.08 Å². The Morgan fingerprint density at radius 3 is 2.56 bits per heavy atom. The van der Waals surface area contributed by atoms with Gasteiger partial charge in [0.2, 0.25) is 5.70 Å². The lowest BCUT2D eigenvalue weighted by molar-refractivity contribution is -0.422. The average Bonchev–Trinajstić information content (AvgIpc) is 2.16. The Bertz CT molecular complexity index is 438. The van der Waals surface area contributed by atoms with Crippen molar-refractivity contribution in [3.05, 3.63) is 51.2 Å². The number of benzene rings is 1. The maximum atomic E-state index is 12.3. The van der Waals surface area contributed by atoms with Crippen LogP contribution >= 0.6 is 0 Å². The van der Waals surface area contributed by atoms with E-state index in [1.807, 2.05) is 0 Å². The van der Waals surface area contributed by atoms with Gasteiger partial charge in [-0.2, -0.15) is 13.2 Å². The van der Waals surface area contributed by atoms with Crippen LogP contribution in [0.3, 0.4) is 0 Å². The van der Waals surface area contributed by atoms with Crippen LogP contribution in [0.1, 0.15) is 18.1 Å². The van der Waals surface area contributed by atoms with Crippen LogP contribution in [0.25, 0.3) is 6.08 Å². The maximum Gasteiger partial charge on any atom is 0.416 e. The molecule has 0 amide bonds. The molecule has 0 unspecified atom stereocenters. The quantitative estimate of drug-likeness (QED) is 0.578. The monoisotopic (exact) mass is 231 g/mol. The standard InChI is InChI=1S/C10H8F3NO2/c1-7(14(15)16)5-8-3-2-4-9(6-8)10(11,12)13/h2-6H,1H3/b7-5+. The molecule has 0 N–H and O–H groups in total. The SMILES string of the molecule is C/C(=C\c1cccc(C(F)(F)F)c1)[N+](=O)[O-]. The van der Waals surface area contributed by atoms with E-state index in [2.05, 4.69) is 0 Å². The average molecular weight is 231 g/mol. The molecule has 0 aromatic heterocycles. The molecule has 1 aromatic rings. The van der Waals surface area contributed by atoms with Crippen LogP contribution < -0.4 is 0 Å². The van der Waals surface area contributed by atoms with E-state index >= 15 is 0 Å². The van der Waals surface area contributed by atoms with Gasteiger partial charge in [0.25, 0.3) is 0 Å². The van der Waals surface area contributed by atoms with Crippen molar-refractivity contribution in [1.29, 1.82) is 0 Å². The van der Waals surface area contributed by atoms with Crippen molar-refractivity contribution in [2.75, 3.05) is 0 Å². The van der Waals surface area contributed by atoms with Crippen molar-refractivity contribution in [3.63, 3.8) is 0 Å². The molecule has 0 aliphatic carbocycles. The third-order valence-corrected chi connectivity index (χ3v) is 1.88. The van der Waals surface area contributed by atoms with E-state index in [9.17, 15) is 23.3 Å². The van der Waals surface area contributed by atoms with Gasteiger partial charge < -0.3 is 0 Å². The topological polar surface area (TPSA) is 43.1 Å². The summed E-state index contributed by atoms with van der Waals surface area (Å²) in [6.45, 7) is 1.22. The maximum absolute atomic E-state index is 12.3. The molecule has 0 spiro atoms. The minimum atomic E-state index is -4.44. The zero-order valence-corrected chi connectivity index (χ0v) is 8.28. The summed E-state index contributed by atoms with van der Waals surface area (Å²) in [5.74, 6) is 0. The van der Waals surface area contributed by atoms with Gasteiger partial charge in [-0.3, -0.25) is 10.1 Å². The Labute approximate surface area is 89.4 Å². The van der Waals surface area contributed by atoms with Gasteiger partial charge in [-0.25, -0.2) is 0 Å². The number of hydrogen-bond acceptors (Lipinski definition) is 2. The summed E-state index contributed by atoms with van der Waals surface area (Å²) < 4.78 is 36.9. The molecule has 0 radical (unpaired) electrons. The van der Waals surface area contributed by atoms with Crippen molar-refractivity contribution in [2.24, 2.45) is 0 Å². The molecule has 0 bridgehead atoms. The predicted molar refractivity (Wildman–Crippen MR) is 52.1 cm³/mol. The van der Waals surface area contributed by atoms with Crippen LogP contribution in [-0.2, 0) is 6.18 Å². The van der Waals surface area contributed by atoms with Gasteiger partial charge in [0.05, 0.1) is 10.5 Å². The first-order valence-corrected chi connectivity index (χ1v) is 4.30. The van der Waals surface area contributed by atoms with E-state index in [0.29, 0.717) is 0 Å². The van der Waals surface area contributed by atoms with E-state index < -0.39 is 16.7 Å². The third kappa shape index (κ3) is 3.08. The van der Waals surface area contributed by atoms with Crippen LogP contribution in [0, 0.1) is 10.1 Å². The second-order valence-electron chi connectivity index (χ2n) is 3.17. The summed E-state index contributed by atoms with van der Waals surface area (Å²) in [6.07, 6.45) is -3.35. The van der Waals surface area contributed by atoms with Gasteiger partial charge in [0.1, 0.15) is 0 Å². The zero-order valence-electron chi connectivity index (χ0n) is 8.28. The van der Waals surface area contributed by atoms with Gasteiger partial charge in [-0.05, 0) is 17.7 Å². The molecule has 86 valence electrons. The van der Waals surface area contributed by atoms with E-state index in [1.165, 1.54) is 19.1 Å². The number of hydrogen-bond donors (Lipinski definition) is 0. The van der Waals surface area contributed by atoms with Crippen LogP contribution in [0.4, 0.5) is 13.2 Å². The molecule has 1 rings (SSSR count). The number of alkyl halides is 3. The lowest BCUT2D eigenvalue weighted by Crippen LogP contribution is -2.04. The van der Waals surface area contributed by atoms with Gasteiger partial charge in [-0.1, -0.05) is 12.1 Å². The third-order valence-electron chi connectivity index (χ3n) is 1.88. The van der Waals surface area contributed by atoms with Crippen molar-refractivity contribution in [1.82, 2.24) is 0 Å². The second kappa shape index (κ2) is 4.34. The fourth-order valence-electron chi connectivity index (χ4n) is 1.10. The van der Waals surface area contributed by atoms with Crippen molar-refractivity contribution in [3.8, 4) is 0 Å². The van der Waals surface area contributed by atoms with Gasteiger partial charge in [0, 0.05) is 13.0 Å². The smallest absolute Gasteiger partial charge is 0.259 e. The molecule has 0 saturated carbocycles. The summed E-state index contributed by atoms with van der Waals surface area (Å²) >= 11 is 0. The lowest BCUT2D eigenvalue weighted by Gasteiger charge is -2.06. The normalized spacial score (nSPS) is 12.6. The number of halogens is 3. The van der Waals surface area contributed by atoms with E-state index in [4.69, 9.17) is 0 Å². The first-order valence-electron chi connectivity index (χ1n) is 4.30. The highest BCUT2D eigenvalue weighted by atomic mass is 19.4. The predicted octanol–water partition coefficient (Wildman–Crippen LogP) is 3.34. The summed E-state index contributed by atoms with van der Waals surface area (Å²) in [7, 11) is 0. The fourth-order valence-corrected chi connectivity index (χ4v) is 1.10. The van der Waals surface area contributed by atoms with Crippen LogP contribution in [0.15, 0.2) is 30.0 Å². The summed E-state index contributed by atoms with van der Waals surface area (Å²) in [6, 6.07) is 4.37. The molecule has 0 fully saturated rings. The minimum absolute atomic E-state index is 0.157. The lowest BCUT2D eigenvalue weighted by atomic mass is 10.1. The van der Waals surface area contributed by atoms with Crippen LogP contribution in [-0.4, -0.2) is 4.92 Å². The fraction of sp³-hybridized carbons (Fsp3) is 0.200. The molecule has 0 aliphatic rings.